The molecule has 1 atom stereocenters. The third kappa shape index (κ3) is 5.77. The first-order valence-electron chi connectivity index (χ1n) is 8.49. The minimum atomic E-state index is -1.01. The van der Waals surface area contributed by atoms with Crippen molar-refractivity contribution in [3.8, 4) is 0 Å². The first kappa shape index (κ1) is 20.9. The van der Waals surface area contributed by atoms with E-state index in [-0.39, 0.29) is 18.9 Å². The number of carboxylic acid groups (broad SMARTS) is 1. The number of aliphatic carboxylic acids is 1. The molecule has 0 fully saturated rings. The number of anilines is 1. The molecule has 1 amide bonds. The predicted octanol–water partition coefficient (Wildman–Crippen LogP) is 2.25. The predicted molar refractivity (Wildman–Crippen MR) is 103 cm³/mol. The van der Waals surface area contributed by atoms with Crippen molar-refractivity contribution >= 4 is 29.2 Å². The first-order valence-corrected chi connectivity index (χ1v) is 8.87. The Morgan fingerprint density at radius 2 is 2.07 bits per heavy atom. The number of carbonyl (C=O) groups excluding carboxylic acids is 1. The molecule has 9 heteroatoms. The van der Waals surface area contributed by atoms with Crippen LogP contribution in [0.5, 0.6) is 0 Å². The van der Waals surface area contributed by atoms with E-state index in [2.05, 4.69) is 15.4 Å². The molecular formula is C18H24ClN5O3. The highest BCUT2D eigenvalue weighted by Crippen LogP contribution is 2.16. The molecule has 2 heterocycles. The number of amides is 1. The van der Waals surface area contributed by atoms with Crippen LogP contribution in [-0.2, 0) is 23.2 Å². The topological polar surface area (TPSA) is 100 Å². The lowest BCUT2D eigenvalue weighted by Gasteiger charge is -2.21. The summed E-state index contributed by atoms with van der Waals surface area (Å²) in [6, 6.07) is 3.17. The van der Waals surface area contributed by atoms with Gasteiger partial charge < -0.3 is 15.3 Å². The monoisotopic (exact) mass is 393 g/mol. The van der Waals surface area contributed by atoms with Crippen molar-refractivity contribution in [1.82, 2.24) is 19.7 Å². The Labute approximate surface area is 163 Å². The zero-order valence-electron chi connectivity index (χ0n) is 15.9. The van der Waals surface area contributed by atoms with Gasteiger partial charge in [-0.1, -0.05) is 11.6 Å². The Morgan fingerprint density at radius 3 is 2.59 bits per heavy atom. The molecule has 2 N–H and O–H groups in total. The van der Waals surface area contributed by atoms with E-state index in [1.165, 1.54) is 6.20 Å². The Balaban J connectivity index is 1.96. The number of nitrogens with zero attached hydrogens (tertiary/aromatic N) is 4. The summed E-state index contributed by atoms with van der Waals surface area (Å²) >= 11 is 5.71. The third-order valence-electron chi connectivity index (χ3n) is 4.41. The molecule has 0 saturated heterocycles. The van der Waals surface area contributed by atoms with Crippen molar-refractivity contribution in [3.63, 3.8) is 0 Å². The fourth-order valence-corrected chi connectivity index (χ4v) is 2.98. The third-order valence-corrected chi connectivity index (χ3v) is 4.63. The van der Waals surface area contributed by atoms with Gasteiger partial charge in [0.25, 0.3) is 0 Å². The summed E-state index contributed by atoms with van der Waals surface area (Å²) in [5.41, 5.74) is 3.50. The number of hydrogen-bond donors (Lipinski definition) is 2. The number of pyridine rings is 1. The van der Waals surface area contributed by atoms with Crippen LogP contribution in [0.1, 0.15) is 23.4 Å². The van der Waals surface area contributed by atoms with E-state index >= 15 is 0 Å². The average molecular weight is 394 g/mol. The highest BCUT2D eigenvalue weighted by molar-refractivity contribution is 6.29. The minimum absolute atomic E-state index is 0.132. The van der Waals surface area contributed by atoms with Crippen molar-refractivity contribution in [3.05, 3.63) is 40.4 Å². The summed E-state index contributed by atoms with van der Waals surface area (Å²) in [5.74, 6) is -2.22. The zero-order valence-corrected chi connectivity index (χ0v) is 16.6. The summed E-state index contributed by atoms with van der Waals surface area (Å²) in [5, 5.41) is 16.8. The lowest BCUT2D eigenvalue weighted by molar-refractivity contribution is -0.144. The van der Waals surface area contributed by atoms with Crippen molar-refractivity contribution in [2.24, 2.45) is 13.0 Å². The summed E-state index contributed by atoms with van der Waals surface area (Å²) in [6.07, 6.45) is 1.30. The van der Waals surface area contributed by atoms with Crippen molar-refractivity contribution in [2.75, 3.05) is 18.9 Å². The lowest BCUT2D eigenvalue weighted by atomic mass is 10.0. The number of hydrogen-bond acceptors (Lipinski definition) is 5. The molecule has 27 heavy (non-hydrogen) atoms. The van der Waals surface area contributed by atoms with Gasteiger partial charge in [0.15, 0.2) is 0 Å². The van der Waals surface area contributed by atoms with Crippen LogP contribution < -0.4 is 5.32 Å². The summed E-state index contributed by atoms with van der Waals surface area (Å²) in [4.78, 5) is 29.6. The fraction of sp³-hybridized carbons (Fsp3) is 0.444. The van der Waals surface area contributed by atoms with Gasteiger partial charge in [-0.3, -0.25) is 14.3 Å². The SMILES string of the molecule is Cc1nn(C)c(C)c1CN(C)C[C@@H](CC(=O)Nc1ccc(Cl)nc1)C(=O)O. The van der Waals surface area contributed by atoms with Gasteiger partial charge >= 0.3 is 5.97 Å². The van der Waals surface area contributed by atoms with Crippen LogP contribution in [0.2, 0.25) is 5.15 Å². The second-order valence-corrected chi connectivity index (χ2v) is 7.01. The number of carbonyl (C=O) groups is 2. The second-order valence-electron chi connectivity index (χ2n) is 6.63. The van der Waals surface area contributed by atoms with E-state index < -0.39 is 11.9 Å². The van der Waals surface area contributed by atoms with Crippen LogP contribution in [0.4, 0.5) is 5.69 Å². The molecule has 0 radical (unpaired) electrons. The van der Waals surface area contributed by atoms with Crippen LogP contribution in [0.25, 0.3) is 0 Å². The van der Waals surface area contributed by atoms with Gasteiger partial charge in [0.2, 0.25) is 5.91 Å². The number of halogens is 1. The molecule has 0 spiro atoms. The minimum Gasteiger partial charge on any atom is -0.481 e. The van der Waals surface area contributed by atoms with Gasteiger partial charge in [0, 0.05) is 37.8 Å². The van der Waals surface area contributed by atoms with E-state index in [0.717, 1.165) is 17.0 Å². The Morgan fingerprint density at radius 1 is 1.37 bits per heavy atom. The maximum Gasteiger partial charge on any atom is 0.308 e. The molecule has 0 aromatic carbocycles. The molecule has 2 aromatic rings. The van der Waals surface area contributed by atoms with Crippen LogP contribution in [0.15, 0.2) is 18.3 Å². The number of carboxylic acids is 1. The van der Waals surface area contributed by atoms with Crippen LogP contribution >= 0.6 is 11.6 Å². The van der Waals surface area contributed by atoms with E-state index in [1.54, 1.807) is 16.8 Å². The molecule has 0 bridgehead atoms. The molecule has 0 aliphatic rings. The Hall–Kier alpha value is -2.45. The molecule has 0 aliphatic heterocycles. The largest absolute Gasteiger partial charge is 0.481 e. The second kappa shape index (κ2) is 8.96. The van der Waals surface area contributed by atoms with E-state index in [9.17, 15) is 14.7 Å². The molecule has 146 valence electrons. The number of rotatable bonds is 8. The van der Waals surface area contributed by atoms with Gasteiger partial charge in [0.1, 0.15) is 5.15 Å². The van der Waals surface area contributed by atoms with Crippen LogP contribution in [0.3, 0.4) is 0 Å². The van der Waals surface area contributed by atoms with E-state index in [1.807, 2.05) is 32.8 Å². The van der Waals surface area contributed by atoms with Crippen LogP contribution in [0, 0.1) is 19.8 Å². The first-order chi connectivity index (χ1) is 12.7. The lowest BCUT2D eigenvalue weighted by Crippen LogP contribution is -2.33. The number of nitrogens with one attached hydrogen (secondary N) is 1. The highest BCUT2D eigenvalue weighted by atomic mass is 35.5. The molecular weight excluding hydrogens is 370 g/mol. The van der Waals surface area contributed by atoms with Crippen molar-refractivity contribution in [2.45, 2.75) is 26.8 Å². The van der Waals surface area contributed by atoms with E-state index in [4.69, 9.17) is 11.6 Å². The molecule has 0 unspecified atom stereocenters. The van der Waals surface area contributed by atoms with Gasteiger partial charge in [-0.15, -0.1) is 0 Å². The van der Waals surface area contributed by atoms with Gasteiger partial charge in [0.05, 0.1) is 23.5 Å². The standard InChI is InChI=1S/C18H24ClN5O3/c1-11-15(12(2)24(4)22-11)10-23(3)9-13(18(26)27)7-17(25)21-14-5-6-16(19)20-8-14/h5-6,8,13H,7,9-10H2,1-4H3,(H,21,25)(H,26,27)/t13-/m1/s1. The summed E-state index contributed by atoms with van der Waals surface area (Å²) in [6.45, 7) is 4.72. The number of aryl methyl sites for hydroxylation is 2. The van der Waals surface area contributed by atoms with Gasteiger partial charge in [-0.25, -0.2) is 4.98 Å². The molecule has 8 nitrogen and oxygen atoms in total. The van der Waals surface area contributed by atoms with Crippen molar-refractivity contribution in [1.29, 1.82) is 0 Å². The summed E-state index contributed by atoms with van der Waals surface area (Å²) in [7, 11) is 3.71. The number of aromatic nitrogens is 3. The maximum absolute atomic E-state index is 12.2. The molecule has 0 saturated carbocycles. The molecule has 2 aromatic heterocycles. The average Bonchev–Trinajstić information content (AvgIpc) is 2.82. The summed E-state index contributed by atoms with van der Waals surface area (Å²) < 4.78 is 1.81. The van der Waals surface area contributed by atoms with Gasteiger partial charge in [-0.05, 0) is 33.0 Å². The van der Waals surface area contributed by atoms with Gasteiger partial charge in [-0.2, -0.15) is 5.10 Å². The normalized spacial score (nSPS) is 12.2. The molecule has 0 aliphatic carbocycles. The smallest absolute Gasteiger partial charge is 0.308 e. The maximum atomic E-state index is 12.2. The molecule has 2 rings (SSSR count). The van der Waals surface area contributed by atoms with Crippen LogP contribution in [-0.4, -0.2) is 50.2 Å². The zero-order chi connectivity index (χ0) is 20.1. The highest BCUT2D eigenvalue weighted by Gasteiger charge is 2.24. The fourth-order valence-electron chi connectivity index (χ4n) is 2.87. The quantitative estimate of drug-likeness (QED) is 0.667. The Bertz CT molecular complexity index is 819. The Kier molecular flexibility index (Phi) is 6.92. The van der Waals surface area contributed by atoms with Crippen molar-refractivity contribution < 1.29 is 14.7 Å². The van der Waals surface area contributed by atoms with E-state index in [0.29, 0.717) is 17.4 Å².